The Balaban J connectivity index is 1.73. The van der Waals surface area contributed by atoms with Crippen LogP contribution < -0.4 is 14.7 Å². The molecule has 0 N–H and O–H groups in total. The first-order valence-corrected chi connectivity index (χ1v) is 10.7. The second kappa shape index (κ2) is 7.85. The molecule has 0 bridgehead atoms. The Kier molecular flexibility index (Phi) is 4.88. The van der Waals surface area contributed by atoms with Crippen molar-refractivity contribution < 1.29 is 4.79 Å². The quantitative estimate of drug-likeness (QED) is 0.405. The molecule has 0 saturated carbocycles. The lowest BCUT2D eigenvalue weighted by molar-refractivity contribution is -0.113. The molecule has 2 aliphatic heterocycles. The lowest BCUT2D eigenvalue weighted by Crippen LogP contribution is -2.33. The zero-order valence-electron chi connectivity index (χ0n) is 17.1. The van der Waals surface area contributed by atoms with Gasteiger partial charge in [0, 0.05) is 17.9 Å². The smallest absolute Gasteiger partial charge is 0.283 e. The number of para-hydroxylation sites is 3. The molecule has 0 aromatic heterocycles. The zero-order chi connectivity index (χ0) is 21.4. The maximum atomic E-state index is 13.9. The Bertz CT molecular complexity index is 1220. The lowest BCUT2D eigenvalue weighted by atomic mass is 10.0. The van der Waals surface area contributed by atoms with Crippen molar-refractivity contribution in [3.8, 4) is 0 Å². The van der Waals surface area contributed by atoms with E-state index in [0.717, 1.165) is 34.9 Å². The average molecular weight is 424 g/mol. The Labute approximate surface area is 187 Å². The fourth-order valence-corrected chi connectivity index (χ4v) is 4.52. The normalized spacial score (nSPS) is 18.0. The van der Waals surface area contributed by atoms with Gasteiger partial charge in [-0.2, -0.15) is 0 Å². The topological polar surface area (TPSA) is 26.8 Å². The number of rotatable bonds is 3. The molecule has 5 heteroatoms. The van der Waals surface area contributed by atoms with Crippen molar-refractivity contribution in [3.05, 3.63) is 108 Å². The summed E-state index contributed by atoms with van der Waals surface area (Å²) in [4.78, 5) is 19.5. The molecule has 3 aromatic rings. The van der Waals surface area contributed by atoms with Gasteiger partial charge in [0.1, 0.15) is 5.70 Å². The molecule has 2 heterocycles. The fourth-order valence-electron chi connectivity index (χ4n) is 4.14. The van der Waals surface area contributed by atoms with Crippen LogP contribution in [0.2, 0.25) is 0 Å². The van der Waals surface area contributed by atoms with Gasteiger partial charge in [0.15, 0.2) is 5.11 Å². The molecule has 2 aliphatic rings. The number of thiocarbonyl (C=S) groups is 1. The summed E-state index contributed by atoms with van der Waals surface area (Å²) in [6.07, 6.45) is 4.08. The molecule has 0 unspecified atom stereocenters. The van der Waals surface area contributed by atoms with E-state index in [0.29, 0.717) is 10.8 Å². The standard InChI is InChI=1S/C26H21N3OS/c1-2-27-22-16-10-9-11-19(22)17-18-23(27)24-25(30)29(21-14-7-4-8-15-21)26(31)28(24)20-12-5-3-6-13-20/h3-18H,2H2,1H3/b24-23+. The van der Waals surface area contributed by atoms with Crippen molar-refractivity contribution in [1.29, 1.82) is 0 Å². The molecule has 1 saturated heterocycles. The highest BCUT2D eigenvalue weighted by Gasteiger charge is 2.43. The third-order valence-electron chi connectivity index (χ3n) is 5.54. The van der Waals surface area contributed by atoms with E-state index in [2.05, 4.69) is 30.0 Å². The van der Waals surface area contributed by atoms with Crippen molar-refractivity contribution >= 4 is 46.4 Å². The van der Waals surface area contributed by atoms with Crippen LogP contribution in [0.5, 0.6) is 0 Å². The van der Waals surface area contributed by atoms with Crippen LogP contribution in [0.15, 0.2) is 102 Å². The van der Waals surface area contributed by atoms with Gasteiger partial charge in [0.05, 0.1) is 11.4 Å². The summed E-state index contributed by atoms with van der Waals surface area (Å²) in [6, 6.07) is 27.6. The summed E-state index contributed by atoms with van der Waals surface area (Å²) in [7, 11) is 0. The van der Waals surface area contributed by atoms with Gasteiger partial charge >= 0.3 is 0 Å². The molecule has 0 radical (unpaired) electrons. The van der Waals surface area contributed by atoms with Gasteiger partial charge in [-0.25, -0.2) is 0 Å². The van der Waals surface area contributed by atoms with Crippen molar-refractivity contribution in [2.24, 2.45) is 0 Å². The summed E-state index contributed by atoms with van der Waals surface area (Å²) >= 11 is 5.86. The van der Waals surface area contributed by atoms with E-state index in [4.69, 9.17) is 12.2 Å². The average Bonchev–Trinajstić information content (AvgIpc) is 3.09. The number of allylic oxidation sites excluding steroid dienone is 1. The highest BCUT2D eigenvalue weighted by molar-refractivity contribution is 7.81. The number of carbonyl (C=O) groups excluding carboxylic acids is 1. The van der Waals surface area contributed by atoms with E-state index in [1.165, 1.54) is 0 Å². The molecule has 0 spiro atoms. The fraction of sp³-hybridized carbons (Fsp3) is 0.0769. The number of anilines is 3. The second-order valence-corrected chi connectivity index (χ2v) is 7.67. The van der Waals surface area contributed by atoms with E-state index in [-0.39, 0.29) is 5.91 Å². The number of nitrogens with zero attached hydrogens (tertiary/aromatic N) is 3. The van der Waals surface area contributed by atoms with Crippen LogP contribution in [0.25, 0.3) is 6.08 Å². The lowest BCUT2D eigenvalue weighted by Gasteiger charge is -2.31. The molecule has 152 valence electrons. The first-order valence-electron chi connectivity index (χ1n) is 10.3. The SMILES string of the molecule is CCN1/C(=C2\C(=O)N(c3ccccc3)C(=S)N2c2ccccc2)C=Cc2ccccc21. The summed E-state index contributed by atoms with van der Waals surface area (Å²) in [5.74, 6) is -0.127. The molecule has 1 fully saturated rings. The number of hydrogen-bond acceptors (Lipinski definition) is 3. The van der Waals surface area contributed by atoms with Gasteiger partial charge in [-0.1, -0.05) is 60.7 Å². The number of fused-ring (bicyclic) bond motifs is 1. The van der Waals surface area contributed by atoms with Gasteiger partial charge in [-0.15, -0.1) is 0 Å². The van der Waals surface area contributed by atoms with Crippen LogP contribution in [0.3, 0.4) is 0 Å². The first-order chi connectivity index (χ1) is 15.2. The van der Waals surface area contributed by atoms with Crippen LogP contribution in [-0.4, -0.2) is 17.6 Å². The zero-order valence-corrected chi connectivity index (χ0v) is 17.9. The summed E-state index contributed by atoms with van der Waals surface area (Å²) in [5.41, 5.74) is 5.25. The van der Waals surface area contributed by atoms with E-state index in [9.17, 15) is 4.79 Å². The Morgan fingerprint density at radius 3 is 1.97 bits per heavy atom. The predicted molar refractivity (Wildman–Crippen MR) is 131 cm³/mol. The minimum atomic E-state index is -0.127. The molecule has 0 atom stereocenters. The van der Waals surface area contributed by atoms with Gasteiger partial charge in [0.2, 0.25) is 0 Å². The van der Waals surface area contributed by atoms with E-state index in [1.807, 2.05) is 83.8 Å². The van der Waals surface area contributed by atoms with Crippen LogP contribution in [-0.2, 0) is 4.79 Å². The monoisotopic (exact) mass is 423 g/mol. The number of likely N-dealkylation sites (N-methyl/N-ethyl adjacent to an activating group) is 1. The third-order valence-corrected chi connectivity index (χ3v) is 5.90. The highest BCUT2D eigenvalue weighted by Crippen LogP contribution is 2.38. The molecule has 0 aliphatic carbocycles. The van der Waals surface area contributed by atoms with Gasteiger partial charge in [0.25, 0.3) is 5.91 Å². The summed E-state index contributed by atoms with van der Waals surface area (Å²) < 4.78 is 0. The number of amides is 1. The minimum Gasteiger partial charge on any atom is -0.339 e. The predicted octanol–water partition coefficient (Wildman–Crippen LogP) is 5.59. The Hall–Kier alpha value is -3.70. The highest BCUT2D eigenvalue weighted by atomic mass is 32.1. The largest absolute Gasteiger partial charge is 0.339 e. The van der Waals surface area contributed by atoms with Gasteiger partial charge in [-0.05, 0) is 61.1 Å². The van der Waals surface area contributed by atoms with E-state index < -0.39 is 0 Å². The molecular weight excluding hydrogens is 402 g/mol. The Morgan fingerprint density at radius 1 is 0.742 bits per heavy atom. The Morgan fingerprint density at radius 2 is 1.32 bits per heavy atom. The maximum absolute atomic E-state index is 13.9. The third kappa shape index (κ3) is 3.14. The molecule has 3 aromatic carbocycles. The van der Waals surface area contributed by atoms with Crippen LogP contribution in [0, 0.1) is 0 Å². The molecule has 4 nitrogen and oxygen atoms in total. The molecule has 5 rings (SSSR count). The van der Waals surface area contributed by atoms with Crippen LogP contribution in [0.1, 0.15) is 12.5 Å². The molecular formula is C26H21N3OS. The van der Waals surface area contributed by atoms with Crippen molar-refractivity contribution in [3.63, 3.8) is 0 Å². The second-order valence-electron chi connectivity index (χ2n) is 7.30. The number of benzene rings is 3. The summed E-state index contributed by atoms with van der Waals surface area (Å²) in [6.45, 7) is 2.82. The summed E-state index contributed by atoms with van der Waals surface area (Å²) in [5, 5.41) is 0.452. The van der Waals surface area contributed by atoms with Crippen LogP contribution >= 0.6 is 12.2 Å². The number of hydrogen-bond donors (Lipinski definition) is 0. The number of carbonyl (C=O) groups is 1. The molecule has 31 heavy (non-hydrogen) atoms. The van der Waals surface area contributed by atoms with E-state index >= 15 is 0 Å². The maximum Gasteiger partial charge on any atom is 0.283 e. The minimum absolute atomic E-state index is 0.127. The van der Waals surface area contributed by atoms with Crippen molar-refractivity contribution in [1.82, 2.24) is 0 Å². The van der Waals surface area contributed by atoms with Gasteiger partial charge < -0.3 is 4.90 Å². The molecule has 1 amide bonds. The van der Waals surface area contributed by atoms with Crippen molar-refractivity contribution in [2.45, 2.75) is 6.92 Å². The van der Waals surface area contributed by atoms with E-state index in [1.54, 1.807) is 4.90 Å². The van der Waals surface area contributed by atoms with Crippen molar-refractivity contribution in [2.75, 3.05) is 21.2 Å². The van der Waals surface area contributed by atoms with Crippen LogP contribution in [0.4, 0.5) is 17.1 Å². The van der Waals surface area contributed by atoms with Gasteiger partial charge in [-0.3, -0.25) is 14.6 Å². The first kappa shape index (κ1) is 19.3.